The first-order valence-electron chi connectivity index (χ1n) is 8.49. The van der Waals surface area contributed by atoms with Gasteiger partial charge in [0.05, 0.1) is 11.5 Å². The van der Waals surface area contributed by atoms with Gasteiger partial charge in [0.2, 0.25) is 5.89 Å². The van der Waals surface area contributed by atoms with E-state index in [4.69, 9.17) is 4.52 Å². The fraction of sp³-hybridized carbons (Fsp3) is 0.263. The van der Waals surface area contributed by atoms with Crippen LogP contribution < -0.4 is 4.90 Å². The summed E-state index contributed by atoms with van der Waals surface area (Å²) in [6.45, 7) is 2.58. The summed E-state index contributed by atoms with van der Waals surface area (Å²) in [5.41, 5.74) is 3.23. The van der Waals surface area contributed by atoms with E-state index in [1.54, 1.807) is 18.2 Å². The van der Waals surface area contributed by atoms with Crippen LogP contribution in [0.5, 0.6) is 0 Å². The van der Waals surface area contributed by atoms with Crippen molar-refractivity contribution in [2.45, 2.75) is 32.4 Å². The monoisotopic (exact) mass is 350 g/mol. The van der Waals surface area contributed by atoms with E-state index in [1.165, 1.54) is 0 Å². The molecule has 1 aliphatic heterocycles. The number of fused-ring (bicyclic) bond motifs is 1. The first kappa shape index (κ1) is 16.3. The average Bonchev–Trinajstić information content (AvgIpc) is 3.20. The molecule has 132 valence electrons. The Morgan fingerprint density at radius 1 is 1.27 bits per heavy atom. The molecule has 4 rings (SSSR count). The van der Waals surface area contributed by atoms with Crippen LogP contribution in [0.25, 0.3) is 0 Å². The molecule has 3 aromatic rings. The predicted octanol–water partition coefficient (Wildman–Crippen LogP) is 3.52. The number of non-ortho nitro benzene ring substituents is 1. The van der Waals surface area contributed by atoms with E-state index in [1.807, 2.05) is 30.3 Å². The third-order valence-corrected chi connectivity index (χ3v) is 4.65. The molecule has 1 aliphatic rings. The fourth-order valence-electron chi connectivity index (χ4n) is 3.39. The molecule has 0 saturated carbocycles. The quantitative estimate of drug-likeness (QED) is 0.517. The lowest BCUT2D eigenvalue weighted by atomic mass is 10.1. The second kappa shape index (κ2) is 6.59. The van der Waals surface area contributed by atoms with Crippen molar-refractivity contribution < 1.29 is 9.45 Å². The maximum absolute atomic E-state index is 11.0. The van der Waals surface area contributed by atoms with E-state index >= 15 is 0 Å². The van der Waals surface area contributed by atoms with Crippen molar-refractivity contribution in [2.75, 3.05) is 4.90 Å². The van der Waals surface area contributed by atoms with Crippen LogP contribution >= 0.6 is 0 Å². The van der Waals surface area contributed by atoms with Crippen molar-refractivity contribution in [1.82, 2.24) is 10.1 Å². The van der Waals surface area contributed by atoms with Crippen LogP contribution in [-0.2, 0) is 19.4 Å². The van der Waals surface area contributed by atoms with Crippen LogP contribution in [-0.4, -0.2) is 21.1 Å². The van der Waals surface area contributed by atoms with Gasteiger partial charge in [-0.15, -0.1) is 0 Å². The average molecular weight is 350 g/mol. The Kier molecular flexibility index (Phi) is 4.12. The number of nitro benzene ring substituents is 1. The predicted molar refractivity (Wildman–Crippen MR) is 96.0 cm³/mol. The van der Waals surface area contributed by atoms with E-state index in [0.29, 0.717) is 24.7 Å². The number of benzene rings is 2. The second-order valence-corrected chi connectivity index (χ2v) is 6.52. The van der Waals surface area contributed by atoms with Crippen molar-refractivity contribution in [3.8, 4) is 0 Å². The summed E-state index contributed by atoms with van der Waals surface area (Å²) < 4.78 is 5.41. The first-order chi connectivity index (χ1) is 12.6. The van der Waals surface area contributed by atoms with Crippen LogP contribution in [0.4, 0.5) is 11.4 Å². The molecule has 1 atom stereocenters. The molecular formula is C19H18N4O3. The molecule has 0 bridgehead atoms. The topological polar surface area (TPSA) is 85.3 Å². The Labute approximate surface area is 150 Å². The Balaban J connectivity index is 1.51. The Hall–Kier alpha value is -3.22. The minimum atomic E-state index is -0.360. The van der Waals surface area contributed by atoms with Gasteiger partial charge in [-0.3, -0.25) is 10.1 Å². The maximum Gasteiger partial charge on any atom is 0.269 e. The summed E-state index contributed by atoms with van der Waals surface area (Å²) in [6.07, 6.45) is 1.39. The molecule has 0 amide bonds. The van der Waals surface area contributed by atoms with Gasteiger partial charge < -0.3 is 9.42 Å². The number of nitrogens with zero attached hydrogens (tertiary/aromatic N) is 4. The van der Waals surface area contributed by atoms with E-state index in [0.717, 1.165) is 23.2 Å². The summed E-state index contributed by atoms with van der Waals surface area (Å²) in [7, 11) is 0. The normalized spacial score (nSPS) is 15.9. The highest BCUT2D eigenvalue weighted by molar-refractivity contribution is 5.62. The number of hydrogen-bond acceptors (Lipinski definition) is 6. The molecule has 1 aromatic heterocycles. The Bertz CT molecular complexity index is 939. The van der Waals surface area contributed by atoms with Crippen molar-refractivity contribution in [3.63, 3.8) is 0 Å². The number of nitro groups is 1. The van der Waals surface area contributed by atoms with Gasteiger partial charge in [0.1, 0.15) is 0 Å². The van der Waals surface area contributed by atoms with Gasteiger partial charge in [0.15, 0.2) is 5.82 Å². The smallest absolute Gasteiger partial charge is 0.269 e. The Morgan fingerprint density at radius 2 is 2.08 bits per heavy atom. The minimum Gasteiger partial charge on any atom is -0.359 e. The SMILES string of the molecule is CC1Cc2cc([N+](=O)[O-])ccc2N1Cc1nc(Cc2ccccc2)no1. The lowest BCUT2D eigenvalue weighted by Crippen LogP contribution is -2.28. The highest BCUT2D eigenvalue weighted by Crippen LogP contribution is 2.35. The van der Waals surface area contributed by atoms with E-state index < -0.39 is 0 Å². The molecule has 0 radical (unpaired) electrons. The molecule has 2 heterocycles. The molecule has 0 spiro atoms. The lowest BCUT2D eigenvalue weighted by molar-refractivity contribution is -0.384. The molecule has 0 fully saturated rings. The zero-order valence-electron chi connectivity index (χ0n) is 14.3. The number of aromatic nitrogens is 2. The maximum atomic E-state index is 11.0. The highest BCUT2D eigenvalue weighted by atomic mass is 16.6. The van der Waals surface area contributed by atoms with Gasteiger partial charge in [0, 0.05) is 30.3 Å². The summed E-state index contributed by atoms with van der Waals surface area (Å²) in [5, 5.41) is 15.0. The van der Waals surface area contributed by atoms with Gasteiger partial charge in [-0.05, 0) is 30.5 Å². The van der Waals surface area contributed by atoms with E-state index in [-0.39, 0.29) is 16.7 Å². The third-order valence-electron chi connectivity index (χ3n) is 4.65. The van der Waals surface area contributed by atoms with Crippen molar-refractivity contribution in [2.24, 2.45) is 0 Å². The summed E-state index contributed by atoms with van der Waals surface area (Å²) in [4.78, 5) is 17.3. The largest absolute Gasteiger partial charge is 0.359 e. The van der Waals surface area contributed by atoms with Gasteiger partial charge in [-0.25, -0.2) is 0 Å². The van der Waals surface area contributed by atoms with Gasteiger partial charge >= 0.3 is 0 Å². The summed E-state index contributed by atoms with van der Waals surface area (Å²) in [5.74, 6) is 1.20. The molecule has 26 heavy (non-hydrogen) atoms. The van der Waals surface area contributed by atoms with Crippen molar-refractivity contribution in [1.29, 1.82) is 0 Å². The van der Waals surface area contributed by atoms with Crippen LogP contribution in [0.15, 0.2) is 53.1 Å². The summed E-state index contributed by atoms with van der Waals surface area (Å²) >= 11 is 0. The number of anilines is 1. The standard InChI is InChI=1S/C19H18N4O3/c1-13-9-15-11-16(23(24)25)7-8-17(15)22(13)12-19-20-18(21-26-19)10-14-5-3-2-4-6-14/h2-8,11,13H,9-10,12H2,1H3. The van der Waals surface area contributed by atoms with Crippen LogP contribution in [0.3, 0.4) is 0 Å². The zero-order chi connectivity index (χ0) is 18.1. The summed E-state index contributed by atoms with van der Waals surface area (Å²) in [6, 6.07) is 15.2. The van der Waals surface area contributed by atoms with Crippen LogP contribution in [0, 0.1) is 10.1 Å². The second-order valence-electron chi connectivity index (χ2n) is 6.52. The van der Waals surface area contributed by atoms with Crippen LogP contribution in [0.1, 0.15) is 29.8 Å². The minimum absolute atomic E-state index is 0.126. The first-order valence-corrected chi connectivity index (χ1v) is 8.49. The Morgan fingerprint density at radius 3 is 2.85 bits per heavy atom. The van der Waals surface area contributed by atoms with Gasteiger partial charge in [-0.1, -0.05) is 35.5 Å². The van der Waals surface area contributed by atoms with E-state index in [2.05, 4.69) is 22.0 Å². The molecule has 1 unspecified atom stereocenters. The molecule has 0 aliphatic carbocycles. The molecule has 0 saturated heterocycles. The molecular weight excluding hydrogens is 332 g/mol. The van der Waals surface area contributed by atoms with Crippen molar-refractivity contribution in [3.05, 3.63) is 81.5 Å². The lowest BCUT2D eigenvalue weighted by Gasteiger charge is -2.22. The number of rotatable bonds is 5. The molecule has 7 heteroatoms. The third kappa shape index (κ3) is 3.15. The molecule has 7 nitrogen and oxygen atoms in total. The van der Waals surface area contributed by atoms with Gasteiger partial charge in [-0.2, -0.15) is 4.98 Å². The zero-order valence-corrected chi connectivity index (χ0v) is 14.3. The fourth-order valence-corrected chi connectivity index (χ4v) is 3.39. The van der Waals surface area contributed by atoms with Crippen LogP contribution in [0.2, 0.25) is 0 Å². The highest BCUT2D eigenvalue weighted by Gasteiger charge is 2.29. The van der Waals surface area contributed by atoms with Gasteiger partial charge in [0.25, 0.3) is 5.69 Å². The number of hydrogen-bond donors (Lipinski definition) is 0. The molecule has 0 N–H and O–H groups in total. The van der Waals surface area contributed by atoms with Crippen molar-refractivity contribution >= 4 is 11.4 Å². The van der Waals surface area contributed by atoms with E-state index in [9.17, 15) is 10.1 Å². The molecule has 2 aromatic carbocycles.